The molecule has 0 unspecified atom stereocenters. The van der Waals surface area contributed by atoms with E-state index in [0.29, 0.717) is 30.3 Å². The highest BCUT2D eigenvalue weighted by atomic mass is 16.5. The number of hydrogen-bond acceptors (Lipinski definition) is 4. The van der Waals surface area contributed by atoms with Gasteiger partial charge in [0.15, 0.2) is 5.76 Å². The minimum Gasteiger partial charge on any atom is -0.493 e. The number of ether oxygens (including phenoxy) is 3. The van der Waals surface area contributed by atoms with Gasteiger partial charge in [0.05, 0.1) is 12.2 Å². The van der Waals surface area contributed by atoms with E-state index in [1.165, 1.54) is 5.57 Å². The minimum absolute atomic E-state index is 0.137. The maximum Gasteiger partial charge on any atom is 0.231 e. The Labute approximate surface area is 153 Å². The summed E-state index contributed by atoms with van der Waals surface area (Å²) in [6.45, 7) is 7.00. The van der Waals surface area contributed by atoms with Crippen molar-refractivity contribution in [2.45, 2.75) is 20.8 Å². The number of carbonyl (C=O) groups excluding carboxylic acids is 1. The van der Waals surface area contributed by atoms with Crippen molar-refractivity contribution in [1.29, 1.82) is 0 Å². The fraction of sp³-hybridized carbons (Fsp3) is 0.227. The van der Waals surface area contributed by atoms with E-state index in [-0.39, 0.29) is 11.5 Å². The molecule has 134 valence electrons. The van der Waals surface area contributed by atoms with E-state index < -0.39 is 0 Å². The molecule has 0 saturated carbocycles. The highest BCUT2D eigenvalue weighted by Crippen LogP contribution is 2.35. The molecule has 3 rings (SSSR count). The zero-order valence-corrected chi connectivity index (χ0v) is 15.2. The monoisotopic (exact) mass is 350 g/mol. The van der Waals surface area contributed by atoms with Gasteiger partial charge in [0.1, 0.15) is 23.9 Å². The average Bonchev–Trinajstić information content (AvgIpc) is 2.92. The predicted molar refractivity (Wildman–Crippen MR) is 102 cm³/mol. The molecule has 4 nitrogen and oxygen atoms in total. The second-order valence-electron chi connectivity index (χ2n) is 6.16. The van der Waals surface area contributed by atoms with E-state index in [1.54, 1.807) is 24.3 Å². The van der Waals surface area contributed by atoms with E-state index >= 15 is 0 Å². The molecule has 0 saturated heterocycles. The summed E-state index contributed by atoms with van der Waals surface area (Å²) >= 11 is 0. The molecule has 0 aliphatic carbocycles. The second-order valence-corrected chi connectivity index (χ2v) is 6.16. The van der Waals surface area contributed by atoms with E-state index in [4.69, 9.17) is 14.2 Å². The number of carbonyl (C=O) groups is 1. The van der Waals surface area contributed by atoms with E-state index in [9.17, 15) is 4.79 Å². The molecule has 2 aromatic carbocycles. The van der Waals surface area contributed by atoms with Gasteiger partial charge in [-0.1, -0.05) is 23.8 Å². The van der Waals surface area contributed by atoms with Gasteiger partial charge in [-0.05, 0) is 51.1 Å². The van der Waals surface area contributed by atoms with Gasteiger partial charge < -0.3 is 14.2 Å². The van der Waals surface area contributed by atoms with Crippen LogP contribution in [0.2, 0.25) is 0 Å². The lowest BCUT2D eigenvalue weighted by Gasteiger charge is -2.07. The number of para-hydroxylation sites is 1. The van der Waals surface area contributed by atoms with Crippen LogP contribution in [0, 0.1) is 0 Å². The van der Waals surface area contributed by atoms with Crippen molar-refractivity contribution >= 4 is 11.9 Å². The van der Waals surface area contributed by atoms with Gasteiger partial charge in [0.25, 0.3) is 0 Å². The van der Waals surface area contributed by atoms with Crippen LogP contribution in [0.1, 0.15) is 36.7 Å². The lowest BCUT2D eigenvalue weighted by molar-refractivity contribution is 0.101. The first-order valence-electron chi connectivity index (χ1n) is 8.64. The maximum atomic E-state index is 12.6. The summed E-state index contributed by atoms with van der Waals surface area (Å²) in [5.41, 5.74) is 2.54. The predicted octanol–water partition coefficient (Wildman–Crippen LogP) is 5.05. The Balaban J connectivity index is 1.82. The number of fused-ring (bicyclic) bond motifs is 1. The summed E-state index contributed by atoms with van der Waals surface area (Å²) in [6, 6.07) is 12.8. The van der Waals surface area contributed by atoms with Crippen LogP contribution in [0.3, 0.4) is 0 Å². The van der Waals surface area contributed by atoms with Crippen LogP contribution in [0.25, 0.3) is 6.08 Å². The molecule has 0 bridgehead atoms. The van der Waals surface area contributed by atoms with Crippen LogP contribution in [-0.2, 0) is 0 Å². The topological polar surface area (TPSA) is 44.8 Å². The molecule has 4 heteroatoms. The summed E-state index contributed by atoms with van der Waals surface area (Å²) in [4.78, 5) is 12.6. The Bertz CT molecular complexity index is 873. The van der Waals surface area contributed by atoms with Gasteiger partial charge in [-0.3, -0.25) is 4.79 Å². The highest BCUT2D eigenvalue weighted by molar-refractivity contribution is 6.14. The van der Waals surface area contributed by atoms with Gasteiger partial charge in [-0.25, -0.2) is 0 Å². The number of allylic oxidation sites excluding steroid dienone is 2. The van der Waals surface area contributed by atoms with Crippen LogP contribution >= 0.6 is 0 Å². The van der Waals surface area contributed by atoms with Crippen molar-refractivity contribution in [2.75, 3.05) is 13.2 Å². The minimum atomic E-state index is -0.137. The van der Waals surface area contributed by atoms with Crippen molar-refractivity contribution in [3.63, 3.8) is 0 Å². The number of rotatable bonds is 6. The summed E-state index contributed by atoms with van der Waals surface area (Å²) in [6.07, 6.45) is 3.71. The van der Waals surface area contributed by atoms with Crippen LogP contribution in [0.15, 0.2) is 59.9 Å². The van der Waals surface area contributed by atoms with Crippen molar-refractivity contribution in [3.05, 3.63) is 71.0 Å². The Kier molecular flexibility index (Phi) is 5.42. The molecule has 0 amide bonds. The molecule has 1 aliphatic rings. The van der Waals surface area contributed by atoms with Gasteiger partial charge in [-0.2, -0.15) is 0 Å². The lowest BCUT2D eigenvalue weighted by Crippen LogP contribution is -1.99. The molecule has 1 heterocycles. The third-order valence-corrected chi connectivity index (χ3v) is 3.89. The first-order chi connectivity index (χ1) is 12.6. The van der Waals surface area contributed by atoms with Crippen molar-refractivity contribution in [1.82, 2.24) is 0 Å². The third-order valence-electron chi connectivity index (χ3n) is 3.89. The lowest BCUT2D eigenvalue weighted by atomic mass is 10.1. The smallest absolute Gasteiger partial charge is 0.231 e. The Hall–Kier alpha value is -3.01. The number of ketones is 1. The largest absolute Gasteiger partial charge is 0.493 e. The molecule has 0 radical (unpaired) electrons. The first kappa shape index (κ1) is 17.8. The molecule has 0 atom stereocenters. The molecule has 0 spiro atoms. The molecule has 0 N–H and O–H groups in total. The first-order valence-corrected chi connectivity index (χ1v) is 8.64. The molecule has 1 aliphatic heterocycles. The van der Waals surface area contributed by atoms with Crippen molar-refractivity contribution in [2.24, 2.45) is 0 Å². The maximum absolute atomic E-state index is 12.6. The highest BCUT2D eigenvalue weighted by Gasteiger charge is 2.28. The Morgan fingerprint density at radius 2 is 1.92 bits per heavy atom. The van der Waals surface area contributed by atoms with E-state index in [0.717, 1.165) is 11.3 Å². The van der Waals surface area contributed by atoms with Crippen LogP contribution < -0.4 is 14.2 Å². The second kappa shape index (κ2) is 7.91. The van der Waals surface area contributed by atoms with Crippen LogP contribution in [-0.4, -0.2) is 19.0 Å². The SMILES string of the molecule is CCOc1ccccc1C=C1Oc2cc(OCC=C(C)C)ccc2C1=O. The molecule has 2 aromatic rings. The van der Waals surface area contributed by atoms with Crippen molar-refractivity contribution in [3.8, 4) is 17.2 Å². The molecular weight excluding hydrogens is 328 g/mol. The molecule has 0 aromatic heterocycles. The zero-order chi connectivity index (χ0) is 18.5. The normalized spacial score (nSPS) is 14.0. The fourth-order valence-corrected chi connectivity index (χ4v) is 2.59. The fourth-order valence-electron chi connectivity index (χ4n) is 2.59. The van der Waals surface area contributed by atoms with Crippen molar-refractivity contribution < 1.29 is 19.0 Å². The summed E-state index contributed by atoms with van der Waals surface area (Å²) in [5, 5.41) is 0. The van der Waals surface area contributed by atoms with Gasteiger partial charge in [0, 0.05) is 11.6 Å². The van der Waals surface area contributed by atoms with E-state index in [1.807, 2.05) is 51.1 Å². The molecular formula is C22H22O4. The summed E-state index contributed by atoms with van der Waals surface area (Å²) in [7, 11) is 0. The number of Topliss-reactive ketones (excluding diaryl/α,β-unsaturated/α-hetero) is 1. The van der Waals surface area contributed by atoms with Crippen LogP contribution in [0.4, 0.5) is 0 Å². The standard InChI is InChI=1S/C22H22O4/c1-4-24-19-8-6-5-7-16(19)13-21-22(23)18-10-9-17(14-20(18)26-21)25-12-11-15(2)3/h5-11,13-14H,4,12H2,1-3H3. The Morgan fingerprint density at radius 3 is 2.69 bits per heavy atom. The summed E-state index contributed by atoms with van der Waals surface area (Å²) in [5.74, 6) is 2.06. The number of benzene rings is 2. The summed E-state index contributed by atoms with van der Waals surface area (Å²) < 4.78 is 17.1. The number of hydrogen-bond donors (Lipinski definition) is 0. The van der Waals surface area contributed by atoms with Gasteiger partial charge in [-0.15, -0.1) is 0 Å². The zero-order valence-electron chi connectivity index (χ0n) is 15.2. The van der Waals surface area contributed by atoms with E-state index in [2.05, 4.69) is 0 Å². The molecule has 0 fully saturated rings. The third kappa shape index (κ3) is 3.97. The molecule has 26 heavy (non-hydrogen) atoms. The van der Waals surface area contributed by atoms with Crippen LogP contribution in [0.5, 0.6) is 17.2 Å². The average molecular weight is 350 g/mol. The van der Waals surface area contributed by atoms with Gasteiger partial charge >= 0.3 is 0 Å². The quantitative estimate of drug-likeness (QED) is 0.540. The Morgan fingerprint density at radius 1 is 1.12 bits per heavy atom. The van der Waals surface area contributed by atoms with Gasteiger partial charge in [0.2, 0.25) is 5.78 Å².